The van der Waals surface area contributed by atoms with Crippen LogP contribution in [0.3, 0.4) is 0 Å². The van der Waals surface area contributed by atoms with Gasteiger partial charge < -0.3 is 18.1 Å². The Bertz CT molecular complexity index is 94.4. The van der Waals surface area contributed by atoms with Crippen molar-refractivity contribution < 1.29 is 17.0 Å². The molecule has 11 heavy (non-hydrogen) atoms. The Morgan fingerprint density at radius 1 is 1.55 bits per heavy atom. The summed E-state index contributed by atoms with van der Waals surface area (Å²) in [5.41, 5.74) is 5.30. The van der Waals surface area contributed by atoms with E-state index in [0.29, 0.717) is 0 Å². The molecule has 0 aliphatic rings. The summed E-state index contributed by atoms with van der Waals surface area (Å²) in [5, 5.41) is 0. The average Bonchev–Trinajstić information content (AvgIpc) is 1.85. The molecule has 0 aromatic carbocycles. The molecule has 0 bridgehead atoms. The number of halogens is 2. The minimum Gasteiger partial charge on any atom is -1.00 e. The van der Waals surface area contributed by atoms with Gasteiger partial charge in [0.1, 0.15) is 13.6 Å². The van der Waals surface area contributed by atoms with E-state index in [0.717, 1.165) is 25.9 Å². The predicted octanol–water partition coefficient (Wildman–Crippen LogP) is -2.42. The van der Waals surface area contributed by atoms with Gasteiger partial charge in [-0.1, -0.05) is 0 Å². The molecule has 2 nitrogen and oxygen atoms in total. The molecular formula is C7H16Cl2N2. The van der Waals surface area contributed by atoms with Gasteiger partial charge in [0.2, 0.25) is 6.21 Å². The maximum Gasteiger partial charge on any atom is 0.242 e. The molecule has 0 rings (SSSR count). The number of hydrogen-bond acceptors (Lipinski definition) is 1. The van der Waals surface area contributed by atoms with Gasteiger partial charge in [-0.3, -0.25) is 0 Å². The highest BCUT2D eigenvalue weighted by atomic mass is 35.5. The Morgan fingerprint density at radius 3 is 2.45 bits per heavy atom. The number of rotatable bonds is 4. The number of nitrogens with zero attached hydrogens (tertiary/aromatic N) is 1. The fraction of sp³-hybridized carbons (Fsp3) is 0.714. The second-order valence-corrected chi connectivity index (χ2v) is 1.97. The standard InChI is InChI=1S/C7H15N2.2ClH/c1-3-6-9(2)7-4-5-8;;/h1,3-5,7-8H2,2H3;2*1H/q+1;;/p-1. The van der Waals surface area contributed by atoms with Crippen LogP contribution < -0.4 is 18.1 Å². The summed E-state index contributed by atoms with van der Waals surface area (Å²) in [6.07, 6.45) is 4.82. The molecule has 0 spiro atoms. The van der Waals surface area contributed by atoms with Gasteiger partial charge in [0, 0.05) is 12.8 Å². The van der Waals surface area contributed by atoms with Gasteiger partial charge in [0.25, 0.3) is 0 Å². The van der Waals surface area contributed by atoms with E-state index in [1.54, 1.807) is 0 Å². The highest BCUT2D eigenvalue weighted by Gasteiger charge is 1.92. The van der Waals surface area contributed by atoms with Gasteiger partial charge in [0.15, 0.2) is 0 Å². The molecule has 0 saturated carbocycles. The highest BCUT2D eigenvalue weighted by molar-refractivity contribution is 5.85. The van der Waals surface area contributed by atoms with E-state index in [1.165, 1.54) is 0 Å². The van der Waals surface area contributed by atoms with Gasteiger partial charge in [-0.05, 0) is 13.5 Å². The first kappa shape index (κ1) is 17.3. The number of nitrogens with two attached hydrogens (primary N) is 1. The Balaban J connectivity index is -0.000000320. The van der Waals surface area contributed by atoms with Crippen LogP contribution in [-0.4, -0.2) is 30.9 Å². The Morgan fingerprint density at radius 2 is 2.09 bits per heavy atom. The van der Waals surface area contributed by atoms with Crippen LogP contribution in [-0.2, 0) is 0 Å². The van der Waals surface area contributed by atoms with Gasteiger partial charge in [-0.25, -0.2) is 4.58 Å². The summed E-state index contributed by atoms with van der Waals surface area (Å²) in [6, 6.07) is 0. The molecule has 0 heterocycles. The molecule has 2 N–H and O–H groups in total. The summed E-state index contributed by atoms with van der Waals surface area (Å²) < 4.78 is 2.00. The summed E-state index contributed by atoms with van der Waals surface area (Å²) >= 11 is 0. The van der Waals surface area contributed by atoms with Crippen LogP contribution in [0.5, 0.6) is 0 Å². The molecule has 0 fully saturated rings. The first-order valence-corrected chi connectivity index (χ1v) is 3.25. The fourth-order valence-corrected chi connectivity index (χ4v) is 0.598. The lowest BCUT2D eigenvalue weighted by molar-refractivity contribution is -0.493. The zero-order valence-corrected chi connectivity index (χ0v) is 8.42. The van der Waals surface area contributed by atoms with E-state index in [-0.39, 0.29) is 24.8 Å². The second-order valence-electron chi connectivity index (χ2n) is 1.97. The topological polar surface area (TPSA) is 29.0 Å². The third-order valence-electron chi connectivity index (χ3n) is 1.08. The van der Waals surface area contributed by atoms with Crippen molar-refractivity contribution in [1.82, 2.24) is 0 Å². The Hall–Kier alpha value is 0.210. The summed E-state index contributed by atoms with van der Waals surface area (Å²) in [4.78, 5) is 0. The smallest absolute Gasteiger partial charge is 0.242 e. The maximum atomic E-state index is 5.30. The van der Waals surface area contributed by atoms with E-state index >= 15 is 0 Å². The van der Waals surface area contributed by atoms with E-state index < -0.39 is 0 Å². The van der Waals surface area contributed by atoms with E-state index in [4.69, 9.17) is 5.73 Å². The highest BCUT2D eigenvalue weighted by Crippen LogP contribution is 1.75. The van der Waals surface area contributed by atoms with Gasteiger partial charge in [-0.15, -0.1) is 12.4 Å². The third-order valence-corrected chi connectivity index (χ3v) is 1.08. The fourth-order valence-electron chi connectivity index (χ4n) is 0.598. The van der Waals surface area contributed by atoms with Gasteiger partial charge >= 0.3 is 0 Å². The molecule has 0 aromatic rings. The van der Waals surface area contributed by atoms with E-state index in [1.807, 2.05) is 11.6 Å². The van der Waals surface area contributed by atoms with Gasteiger partial charge in [0.05, 0.1) is 0 Å². The van der Waals surface area contributed by atoms with Crippen molar-refractivity contribution in [2.24, 2.45) is 5.73 Å². The van der Waals surface area contributed by atoms with Crippen LogP contribution in [0.25, 0.3) is 0 Å². The van der Waals surface area contributed by atoms with Crippen LogP contribution >= 0.6 is 12.4 Å². The maximum absolute atomic E-state index is 5.30. The molecular weight excluding hydrogens is 183 g/mol. The van der Waals surface area contributed by atoms with E-state index in [2.05, 4.69) is 13.1 Å². The Labute approximate surface area is 81.7 Å². The lowest BCUT2D eigenvalue weighted by Crippen LogP contribution is -3.00. The second kappa shape index (κ2) is 12.8. The lowest BCUT2D eigenvalue weighted by Gasteiger charge is -1.91. The van der Waals surface area contributed by atoms with Crippen LogP contribution in [0.1, 0.15) is 12.8 Å². The third kappa shape index (κ3) is 13.2. The largest absolute Gasteiger partial charge is 1.00 e. The van der Waals surface area contributed by atoms with Crippen LogP contribution in [0.4, 0.5) is 0 Å². The molecule has 0 aliphatic heterocycles. The van der Waals surface area contributed by atoms with Crippen molar-refractivity contribution in [3.63, 3.8) is 0 Å². The van der Waals surface area contributed by atoms with Crippen molar-refractivity contribution >= 4 is 18.6 Å². The van der Waals surface area contributed by atoms with Crippen LogP contribution in [0, 0.1) is 6.92 Å². The van der Waals surface area contributed by atoms with Gasteiger partial charge in [-0.2, -0.15) is 0 Å². The molecule has 0 aliphatic carbocycles. The Kier molecular flexibility index (Phi) is 20.3. The molecule has 68 valence electrons. The lowest BCUT2D eigenvalue weighted by atomic mass is 10.4. The van der Waals surface area contributed by atoms with Crippen molar-refractivity contribution in [2.45, 2.75) is 12.8 Å². The zero-order valence-electron chi connectivity index (χ0n) is 6.85. The van der Waals surface area contributed by atoms with E-state index in [9.17, 15) is 0 Å². The SMILES string of the molecule is Cl.[CH2]C/[C]=[N+](\C)CCCN.[Cl-]. The minimum atomic E-state index is 0. The quantitative estimate of drug-likeness (QED) is 0.396. The van der Waals surface area contributed by atoms with Crippen molar-refractivity contribution in [1.29, 1.82) is 0 Å². The molecule has 0 atom stereocenters. The first-order chi connectivity index (χ1) is 4.31. The molecule has 0 unspecified atom stereocenters. The first-order valence-electron chi connectivity index (χ1n) is 3.25. The molecule has 0 saturated heterocycles. The zero-order chi connectivity index (χ0) is 7.11. The van der Waals surface area contributed by atoms with Crippen LogP contribution in [0.2, 0.25) is 0 Å². The molecule has 0 amide bonds. The molecule has 2 radical (unpaired) electrons. The van der Waals surface area contributed by atoms with Crippen LogP contribution in [0.15, 0.2) is 0 Å². The van der Waals surface area contributed by atoms with Crippen molar-refractivity contribution in [3.05, 3.63) is 6.92 Å². The molecule has 4 heteroatoms. The normalized spacial score (nSPS) is 9.91. The summed E-state index contributed by atoms with van der Waals surface area (Å²) in [6.45, 7) is 5.39. The minimum absolute atomic E-state index is 0. The summed E-state index contributed by atoms with van der Waals surface area (Å²) in [5.74, 6) is 0. The number of hydrogen-bond donors (Lipinski definition) is 1. The predicted molar refractivity (Wildman–Crippen MR) is 47.0 cm³/mol. The van der Waals surface area contributed by atoms with Crippen molar-refractivity contribution in [3.8, 4) is 0 Å². The average molecular weight is 199 g/mol. The monoisotopic (exact) mass is 198 g/mol. The van der Waals surface area contributed by atoms with Crippen molar-refractivity contribution in [2.75, 3.05) is 20.1 Å². The molecule has 0 aromatic heterocycles. The summed E-state index contributed by atoms with van der Waals surface area (Å²) in [7, 11) is 1.99.